The highest BCUT2D eigenvalue weighted by Gasteiger charge is 2.28. The number of aromatic nitrogens is 3. The summed E-state index contributed by atoms with van der Waals surface area (Å²) in [4.78, 5) is 29.5. The number of rotatable bonds is 11. The van der Waals surface area contributed by atoms with Gasteiger partial charge in [-0.3, -0.25) is 14.2 Å². The molecule has 1 aliphatic rings. The van der Waals surface area contributed by atoms with Gasteiger partial charge in [0.25, 0.3) is 0 Å². The van der Waals surface area contributed by atoms with Crippen LogP contribution < -0.4 is 4.74 Å². The Morgan fingerprint density at radius 1 is 0.930 bits per heavy atom. The molecule has 5 rings (SSSR count). The van der Waals surface area contributed by atoms with Crippen molar-refractivity contribution in [3.05, 3.63) is 96.6 Å². The highest BCUT2D eigenvalue weighted by Crippen LogP contribution is 2.29. The summed E-state index contributed by atoms with van der Waals surface area (Å²) in [5.74, 6) is 2.53. The van der Waals surface area contributed by atoms with Crippen LogP contribution in [-0.4, -0.2) is 74.9 Å². The van der Waals surface area contributed by atoms with Gasteiger partial charge >= 0.3 is 0 Å². The number of piperazine rings is 1. The summed E-state index contributed by atoms with van der Waals surface area (Å²) in [6, 6.07) is 27.7. The summed E-state index contributed by atoms with van der Waals surface area (Å²) in [7, 11) is 1.66. The van der Waals surface area contributed by atoms with E-state index in [1.54, 1.807) is 24.9 Å². The molecule has 4 aromatic rings. The first kappa shape index (κ1) is 30.1. The lowest BCUT2D eigenvalue weighted by Gasteiger charge is -2.39. The Morgan fingerprint density at radius 2 is 1.65 bits per heavy atom. The highest BCUT2D eigenvalue weighted by atomic mass is 32.2. The van der Waals surface area contributed by atoms with Gasteiger partial charge < -0.3 is 14.5 Å². The highest BCUT2D eigenvalue weighted by molar-refractivity contribution is 7.99. The van der Waals surface area contributed by atoms with Crippen molar-refractivity contribution in [2.24, 2.45) is 0 Å². The lowest BCUT2D eigenvalue weighted by atomic mass is 10.1. The number of methoxy groups -OCH3 is 1. The third-order valence-corrected chi connectivity index (χ3v) is 8.51. The topological polar surface area (TPSA) is 80.6 Å². The fraction of sp³-hybridized carbons (Fsp3) is 0.294. The van der Waals surface area contributed by atoms with E-state index in [0.717, 1.165) is 52.1 Å². The van der Waals surface area contributed by atoms with E-state index in [0.29, 0.717) is 26.1 Å². The minimum Gasteiger partial charge on any atom is -0.497 e. The zero-order valence-corrected chi connectivity index (χ0v) is 25.5. The molecule has 1 fully saturated rings. The molecule has 0 spiro atoms. The Balaban J connectivity index is 1.11. The predicted octanol–water partition coefficient (Wildman–Crippen LogP) is 5.98. The van der Waals surface area contributed by atoms with Crippen LogP contribution in [0.5, 0.6) is 5.75 Å². The van der Waals surface area contributed by atoms with E-state index < -0.39 is 0 Å². The lowest BCUT2D eigenvalue weighted by molar-refractivity contribution is -0.139. The van der Waals surface area contributed by atoms with Crippen molar-refractivity contribution >= 4 is 29.7 Å². The van der Waals surface area contributed by atoms with Gasteiger partial charge in [0.15, 0.2) is 11.0 Å². The molecule has 222 valence electrons. The summed E-state index contributed by atoms with van der Waals surface area (Å²) in [5.41, 5.74) is 2.95. The van der Waals surface area contributed by atoms with Gasteiger partial charge in [0.2, 0.25) is 11.8 Å². The van der Waals surface area contributed by atoms with Gasteiger partial charge in [-0.05, 0) is 55.7 Å². The van der Waals surface area contributed by atoms with Crippen molar-refractivity contribution in [2.45, 2.75) is 37.4 Å². The van der Waals surface area contributed by atoms with Crippen molar-refractivity contribution in [1.82, 2.24) is 24.6 Å². The SMILES string of the molecule is COc1ccc(-n2c(SCCCCC(=O)N3CCN(C(=O)C=Cc4ccccc4)C(C)C3)nnc2-c2ccccc2)cc1. The second-order valence-electron chi connectivity index (χ2n) is 10.5. The van der Waals surface area contributed by atoms with Crippen LogP contribution in [0.4, 0.5) is 0 Å². The Morgan fingerprint density at radius 3 is 2.35 bits per heavy atom. The molecule has 2 heterocycles. The van der Waals surface area contributed by atoms with Crippen LogP contribution >= 0.6 is 11.8 Å². The normalized spacial score (nSPS) is 15.2. The largest absolute Gasteiger partial charge is 0.497 e. The average molecular weight is 596 g/mol. The number of hydrogen-bond donors (Lipinski definition) is 0. The molecule has 3 aromatic carbocycles. The van der Waals surface area contributed by atoms with Crippen molar-refractivity contribution in [3.63, 3.8) is 0 Å². The van der Waals surface area contributed by atoms with E-state index in [1.165, 1.54) is 0 Å². The second-order valence-corrected chi connectivity index (χ2v) is 11.5. The van der Waals surface area contributed by atoms with Crippen LogP contribution in [-0.2, 0) is 9.59 Å². The molecular weight excluding hydrogens is 558 g/mol. The van der Waals surface area contributed by atoms with Crippen molar-refractivity contribution < 1.29 is 14.3 Å². The molecule has 1 unspecified atom stereocenters. The molecule has 0 radical (unpaired) electrons. The maximum absolute atomic E-state index is 13.0. The fourth-order valence-corrected chi connectivity index (χ4v) is 6.09. The standard InChI is InChI=1S/C34H37N5O3S/c1-26-25-37(22-23-38(26)32(41)21-16-27-11-5-3-6-12-27)31(40)15-9-10-24-43-34-36-35-33(28-13-7-4-8-14-28)39(34)29-17-19-30(42-2)20-18-29/h3-8,11-14,16-21,26H,9-10,15,22-25H2,1-2H3. The number of carbonyl (C=O) groups excluding carboxylic acids is 2. The van der Waals surface area contributed by atoms with E-state index in [9.17, 15) is 9.59 Å². The zero-order valence-electron chi connectivity index (χ0n) is 24.6. The molecule has 8 nitrogen and oxygen atoms in total. The summed E-state index contributed by atoms with van der Waals surface area (Å²) in [6.45, 7) is 3.68. The molecule has 9 heteroatoms. The quantitative estimate of drug-likeness (QED) is 0.121. The molecule has 0 saturated carbocycles. The third kappa shape index (κ3) is 7.73. The maximum Gasteiger partial charge on any atom is 0.246 e. The van der Waals surface area contributed by atoms with Crippen LogP contribution in [0.2, 0.25) is 0 Å². The molecule has 0 bridgehead atoms. The number of unbranched alkanes of at least 4 members (excludes halogenated alkanes) is 1. The molecule has 1 atom stereocenters. The molecule has 1 aromatic heterocycles. The number of amides is 2. The van der Waals surface area contributed by atoms with Crippen LogP contribution in [0.1, 0.15) is 31.7 Å². The number of hydrogen-bond acceptors (Lipinski definition) is 6. The zero-order chi connectivity index (χ0) is 30.0. The smallest absolute Gasteiger partial charge is 0.246 e. The minimum atomic E-state index is -0.0238. The first-order valence-corrected chi connectivity index (χ1v) is 15.6. The van der Waals surface area contributed by atoms with Crippen LogP contribution in [0.3, 0.4) is 0 Å². The van der Waals surface area contributed by atoms with Crippen molar-refractivity contribution in [1.29, 1.82) is 0 Å². The molecule has 0 aliphatic carbocycles. The van der Waals surface area contributed by atoms with E-state index >= 15 is 0 Å². The van der Waals surface area contributed by atoms with Gasteiger partial charge in [-0.15, -0.1) is 10.2 Å². The third-order valence-electron chi connectivity index (χ3n) is 7.49. The van der Waals surface area contributed by atoms with Gasteiger partial charge in [-0.25, -0.2) is 0 Å². The molecule has 1 saturated heterocycles. The van der Waals surface area contributed by atoms with E-state index in [1.807, 2.05) is 108 Å². The van der Waals surface area contributed by atoms with Crippen molar-refractivity contribution in [2.75, 3.05) is 32.5 Å². The maximum atomic E-state index is 13.0. The number of thioether (sulfide) groups is 1. The van der Waals surface area contributed by atoms with E-state index in [2.05, 4.69) is 14.8 Å². The van der Waals surface area contributed by atoms with Gasteiger partial charge in [-0.2, -0.15) is 0 Å². The van der Waals surface area contributed by atoms with E-state index in [4.69, 9.17) is 4.74 Å². The molecular formula is C34H37N5O3S. The Labute approximate surface area is 257 Å². The van der Waals surface area contributed by atoms with Gasteiger partial charge in [-0.1, -0.05) is 72.4 Å². The monoisotopic (exact) mass is 595 g/mol. The number of ether oxygens (including phenoxy) is 1. The molecule has 1 aliphatic heterocycles. The van der Waals surface area contributed by atoms with Gasteiger partial charge in [0.1, 0.15) is 5.75 Å². The Bertz CT molecular complexity index is 1520. The summed E-state index contributed by atoms with van der Waals surface area (Å²) in [6.07, 6.45) is 5.63. The second kappa shape index (κ2) is 14.7. The van der Waals surface area contributed by atoms with Crippen molar-refractivity contribution in [3.8, 4) is 22.8 Å². The van der Waals surface area contributed by atoms with Gasteiger partial charge in [0, 0.05) is 55.2 Å². The Kier molecular flexibility index (Phi) is 10.3. The van der Waals surface area contributed by atoms with Crippen LogP contribution in [0, 0.1) is 0 Å². The summed E-state index contributed by atoms with van der Waals surface area (Å²) in [5, 5.41) is 9.84. The van der Waals surface area contributed by atoms with Gasteiger partial charge in [0.05, 0.1) is 7.11 Å². The fourth-order valence-electron chi connectivity index (χ4n) is 5.14. The average Bonchev–Trinajstić information content (AvgIpc) is 3.48. The first-order chi connectivity index (χ1) is 21.0. The molecule has 2 amide bonds. The first-order valence-electron chi connectivity index (χ1n) is 14.6. The van der Waals surface area contributed by atoms with E-state index in [-0.39, 0.29) is 17.9 Å². The number of benzene rings is 3. The molecule has 43 heavy (non-hydrogen) atoms. The number of nitrogens with zero attached hydrogens (tertiary/aromatic N) is 5. The summed E-state index contributed by atoms with van der Waals surface area (Å²) >= 11 is 1.64. The van der Waals surface area contributed by atoms with Crippen LogP contribution in [0.25, 0.3) is 23.2 Å². The predicted molar refractivity (Wildman–Crippen MR) is 171 cm³/mol. The minimum absolute atomic E-state index is 0.0154. The molecule has 0 N–H and O–H groups in total. The number of carbonyl (C=O) groups is 2. The lowest BCUT2D eigenvalue weighted by Crippen LogP contribution is -2.55. The Hall–Kier alpha value is -4.37. The summed E-state index contributed by atoms with van der Waals surface area (Å²) < 4.78 is 7.41. The van der Waals surface area contributed by atoms with Crippen LogP contribution in [0.15, 0.2) is 96.2 Å².